The Labute approximate surface area is 231 Å². The van der Waals surface area contributed by atoms with Crippen molar-refractivity contribution >= 4 is 35.1 Å². The molecule has 1 rings (SSSR count). The zero-order chi connectivity index (χ0) is 29.2. The van der Waals surface area contributed by atoms with Gasteiger partial charge in [0.25, 0.3) is 0 Å². The van der Waals surface area contributed by atoms with Crippen molar-refractivity contribution in [3.8, 4) is 0 Å². The van der Waals surface area contributed by atoms with Crippen LogP contribution in [-0.4, -0.2) is 55.7 Å². The van der Waals surface area contributed by atoms with Crippen LogP contribution in [0.4, 0.5) is 10.5 Å². The molecule has 11 heteroatoms. The third kappa shape index (κ3) is 14.4. The molecule has 218 valence electrons. The monoisotopic (exact) mass is 547 g/mol. The second-order valence-electron chi connectivity index (χ2n) is 10.0. The zero-order valence-corrected chi connectivity index (χ0v) is 23.4. The molecule has 0 unspecified atom stereocenters. The molecule has 2 atom stereocenters. The van der Waals surface area contributed by atoms with Gasteiger partial charge in [0.05, 0.1) is 19.2 Å². The van der Waals surface area contributed by atoms with E-state index in [4.69, 9.17) is 16.2 Å². The number of amides is 4. The van der Waals surface area contributed by atoms with Crippen molar-refractivity contribution in [1.82, 2.24) is 10.6 Å². The van der Waals surface area contributed by atoms with Crippen molar-refractivity contribution in [3.05, 3.63) is 29.8 Å². The number of anilines is 1. The average Bonchev–Trinajstić information content (AvgIpc) is 2.89. The summed E-state index contributed by atoms with van der Waals surface area (Å²) in [6, 6.07) is 5.83. The van der Waals surface area contributed by atoms with Gasteiger partial charge in [-0.05, 0) is 49.3 Å². The van der Waals surface area contributed by atoms with E-state index >= 15 is 0 Å². The summed E-state index contributed by atoms with van der Waals surface area (Å²) in [4.78, 5) is 61.3. The third-order valence-corrected chi connectivity index (χ3v) is 6.30. The number of primary amides is 1. The number of Topliss-reactive ketones (excluding diaryl/α,β-unsaturated/α-hetero) is 2. The summed E-state index contributed by atoms with van der Waals surface area (Å²) >= 11 is 0. The molecule has 0 aliphatic heterocycles. The van der Waals surface area contributed by atoms with Crippen molar-refractivity contribution in [3.63, 3.8) is 0 Å². The van der Waals surface area contributed by atoms with Crippen molar-refractivity contribution in [2.24, 2.45) is 23.3 Å². The first-order valence-corrected chi connectivity index (χ1v) is 13.5. The smallest absolute Gasteiger partial charge is 0.312 e. The van der Waals surface area contributed by atoms with Crippen molar-refractivity contribution in [2.75, 3.05) is 25.5 Å². The summed E-state index contributed by atoms with van der Waals surface area (Å²) < 4.78 is 5.11. The average molecular weight is 548 g/mol. The van der Waals surface area contributed by atoms with E-state index in [0.29, 0.717) is 50.8 Å². The predicted octanol–water partition coefficient (Wildman–Crippen LogP) is 2.41. The molecule has 0 saturated heterocycles. The molecule has 1 aromatic rings. The number of ketones is 2. The van der Waals surface area contributed by atoms with Gasteiger partial charge in [0.1, 0.15) is 5.78 Å². The number of nitrogens with one attached hydrogen (secondary N) is 3. The molecular weight excluding hydrogens is 502 g/mol. The van der Waals surface area contributed by atoms with Gasteiger partial charge >= 0.3 is 6.03 Å². The van der Waals surface area contributed by atoms with E-state index in [-0.39, 0.29) is 55.2 Å². The lowest BCUT2D eigenvalue weighted by atomic mass is 9.89. The number of benzene rings is 1. The summed E-state index contributed by atoms with van der Waals surface area (Å²) in [5.74, 6) is -1.62. The number of methoxy groups -OCH3 is 1. The minimum atomic E-state index is -0.733. The number of ether oxygens (including phenoxy) is 1. The normalized spacial score (nSPS) is 12.4. The van der Waals surface area contributed by atoms with Gasteiger partial charge in [-0.1, -0.05) is 32.4 Å². The van der Waals surface area contributed by atoms with Crippen molar-refractivity contribution in [2.45, 2.75) is 77.9 Å². The van der Waals surface area contributed by atoms with Crippen LogP contribution in [0.5, 0.6) is 0 Å². The predicted molar refractivity (Wildman–Crippen MR) is 150 cm³/mol. The van der Waals surface area contributed by atoms with Gasteiger partial charge in [-0.2, -0.15) is 0 Å². The van der Waals surface area contributed by atoms with Gasteiger partial charge in [0, 0.05) is 44.5 Å². The van der Waals surface area contributed by atoms with Gasteiger partial charge in [-0.25, -0.2) is 4.79 Å². The largest absolute Gasteiger partial charge is 0.380 e. The SMILES string of the molecule is COCc1ccc(NC(=O)[C@H](CCCNC(N)=O)CC(=O)[C@@H](NC(=O)CCCCCC(=O)CN)C(C)C)cc1. The second-order valence-corrected chi connectivity index (χ2v) is 10.0. The molecule has 39 heavy (non-hydrogen) atoms. The highest BCUT2D eigenvalue weighted by Gasteiger charge is 2.29. The van der Waals surface area contributed by atoms with E-state index in [1.807, 2.05) is 26.0 Å². The number of unbranched alkanes of at least 4 members (excludes halogenated alkanes) is 2. The Hall–Kier alpha value is -3.31. The topological polar surface area (TPSA) is 183 Å². The van der Waals surface area contributed by atoms with Crippen LogP contribution in [0.15, 0.2) is 24.3 Å². The molecule has 0 aliphatic rings. The van der Waals surface area contributed by atoms with E-state index in [1.54, 1.807) is 19.2 Å². The minimum Gasteiger partial charge on any atom is -0.380 e. The molecule has 4 amide bonds. The Morgan fingerprint density at radius 3 is 2.21 bits per heavy atom. The first kappa shape index (κ1) is 33.7. The third-order valence-electron chi connectivity index (χ3n) is 6.30. The fourth-order valence-corrected chi connectivity index (χ4v) is 4.10. The van der Waals surface area contributed by atoms with Crippen LogP contribution in [0.25, 0.3) is 0 Å². The second kappa shape index (κ2) is 18.9. The molecular formula is C28H45N5O6. The van der Waals surface area contributed by atoms with E-state index in [1.165, 1.54) is 0 Å². The highest BCUT2D eigenvalue weighted by atomic mass is 16.5. The van der Waals surface area contributed by atoms with Gasteiger partial charge in [0.2, 0.25) is 11.8 Å². The van der Waals surface area contributed by atoms with Crippen LogP contribution in [-0.2, 0) is 30.5 Å². The van der Waals surface area contributed by atoms with E-state index in [0.717, 1.165) is 5.56 Å². The molecule has 0 bridgehead atoms. The Morgan fingerprint density at radius 2 is 1.62 bits per heavy atom. The van der Waals surface area contributed by atoms with Crippen LogP contribution in [0.2, 0.25) is 0 Å². The van der Waals surface area contributed by atoms with Crippen LogP contribution in [0, 0.1) is 11.8 Å². The zero-order valence-electron chi connectivity index (χ0n) is 23.4. The van der Waals surface area contributed by atoms with Gasteiger partial charge in [-0.15, -0.1) is 0 Å². The summed E-state index contributed by atoms with van der Waals surface area (Å²) in [5, 5.41) is 8.19. The Bertz CT molecular complexity index is 935. The van der Waals surface area contributed by atoms with Gasteiger partial charge < -0.3 is 32.2 Å². The maximum atomic E-state index is 13.3. The highest BCUT2D eigenvalue weighted by molar-refractivity contribution is 5.97. The van der Waals surface area contributed by atoms with E-state index in [9.17, 15) is 24.0 Å². The molecule has 0 aromatic heterocycles. The minimum absolute atomic E-state index is 0.00275. The number of hydrogen-bond donors (Lipinski definition) is 5. The molecule has 0 heterocycles. The number of carbonyl (C=O) groups is 5. The number of urea groups is 1. The number of rotatable bonds is 20. The quantitative estimate of drug-likeness (QED) is 0.155. The summed E-state index contributed by atoms with van der Waals surface area (Å²) in [6.07, 6.45) is 3.38. The Kier molecular flexibility index (Phi) is 16.3. The Morgan fingerprint density at radius 1 is 0.949 bits per heavy atom. The lowest BCUT2D eigenvalue weighted by Gasteiger charge is -2.24. The van der Waals surface area contributed by atoms with E-state index < -0.39 is 18.0 Å². The summed E-state index contributed by atoms with van der Waals surface area (Å²) in [5.41, 5.74) is 12.0. The molecule has 0 saturated carbocycles. The molecule has 1 aromatic carbocycles. The number of nitrogens with two attached hydrogens (primary N) is 2. The lowest BCUT2D eigenvalue weighted by Crippen LogP contribution is -2.45. The van der Waals surface area contributed by atoms with Gasteiger partial charge in [-0.3, -0.25) is 19.2 Å². The molecule has 0 fully saturated rings. The first-order valence-electron chi connectivity index (χ1n) is 13.5. The number of carbonyl (C=O) groups excluding carboxylic acids is 5. The van der Waals surface area contributed by atoms with Crippen LogP contribution >= 0.6 is 0 Å². The van der Waals surface area contributed by atoms with Gasteiger partial charge in [0.15, 0.2) is 5.78 Å². The van der Waals surface area contributed by atoms with Crippen molar-refractivity contribution < 1.29 is 28.7 Å². The van der Waals surface area contributed by atoms with E-state index in [2.05, 4.69) is 16.0 Å². The Balaban J connectivity index is 2.78. The standard InChI is InChI=1S/C28H45N5O6/c1-19(2)26(33-25(36)10-6-4-5-9-23(34)17-29)24(35)16-21(8-7-15-31-28(30)38)27(37)32-22-13-11-20(12-14-22)18-39-3/h11-14,19,21,26H,4-10,15-18,29H2,1-3H3,(H,32,37)(H,33,36)(H3,30,31,38)/t21-,26+/m1/s1. The number of hydrogen-bond acceptors (Lipinski definition) is 7. The van der Waals surface area contributed by atoms with Crippen LogP contribution < -0.4 is 27.4 Å². The molecule has 0 spiro atoms. The fraction of sp³-hybridized carbons (Fsp3) is 0.607. The lowest BCUT2D eigenvalue weighted by molar-refractivity contribution is -0.131. The van der Waals surface area contributed by atoms with Crippen LogP contribution in [0.1, 0.15) is 70.8 Å². The molecule has 7 N–H and O–H groups in total. The summed E-state index contributed by atoms with van der Waals surface area (Å²) in [6.45, 7) is 4.44. The fourth-order valence-electron chi connectivity index (χ4n) is 4.10. The molecule has 0 aliphatic carbocycles. The van der Waals surface area contributed by atoms with Crippen LogP contribution in [0.3, 0.4) is 0 Å². The maximum Gasteiger partial charge on any atom is 0.312 e. The maximum absolute atomic E-state index is 13.3. The van der Waals surface area contributed by atoms with Crippen molar-refractivity contribution in [1.29, 1.82) is 0 Å². The highest BCUT2D eigenvalue weighted by Crippen LogP contribution is 2.19. The molecule has 11 nitrogen and oxygen atoms in total. The summed E-state index contributed by atoms with van der Waals surface area (Å²) in [7, 11) is 1.60. The first-order chi connectivity index (χ1) is 18.6. The molecule has 0 radical (unpaired) electrons.